The number of aromatic nitrogens is 2. The Morgan fingerprint density at radius 3 is 2.76 bits per heavy atom. The minimum atomic E-state index is -0.0122. The van der Waals surface area contributed by atoms with Crippen LogP contribution in [0.1, 0.15) is 44.2 Å². The molecule has 1 saturated carbocycles. The van der Waals surface area contributed by atoms with Crippen molar-refractivity contribution in [1.82, 2.24) is 9.78 Å². The van der Waals surface area contributed by atoms with Gasteiger partial charge in [0.1, 0.15) is 0 Å². The molecule has 0 saturated heterocycles. The molecule has 1 heterocycles. The molecule has 2 rings (SSSR count). The maximum absolute atomic E-state index is 9.80. The molecule has 1 aromatic rings. The van der Waals surface area contributed by atoms with E-state index >= 15 is 0 Å². The van der Waals surface area contributed by atoms with Crippen LogP contribution >= 0.6 is 0 Å². The van der Waals surface area contributed by atoms with Gasteiger partial charge in [-0.05, 0) is 25.8 Å². The summed E-state index contributed by atoms with van der Waals surface area (Å²) in [6, 6.07) is 2.05. The van der Waals surface area contributed by atoms with Crippen LogP contribution in [-0.4, -0.2) is 28.0 Å². The molecular formula is C13H23N3O. The Labute approximate surface area is 103 Å². The monoisotopic (exact) mass is 237 g/mol. The fourth-order valence-corrected chi connectivity index (χ4v) is 3.28. The molecule has 1 unspecified atom stereocenters. The van der Waals surface area contributed by atoms with Gasteiger partial charge in [-0.15, -0.1) is 0 Å². The van der Waals surface area contributed by atoms with Gasteiger partial charge in [-0.3, -0.25) is 4.68 Å². The fraction of sp³-hybridized carbons (Fsp3) is 0.769. The number of aliphatic hydroxyl groups is 1. The smallest absolute Gasteiger partial charge is 0.0494 e. The topological polar surface area (TPSA) is 64.1 Å². The third-order valence-corrected chi connectivity index (χ3v) is 4.30. The number of aliphatic hydroxyl groups excluding tert-OH is 1. The standard InChI is InChI=1S/C13H23N3O/c1-2-16-12(5-8-15-16)11(9-14)13(10-17)6-3-4-7-13/h5,8,11,17H,2-4,6-7,9-10,14H2,1H3. The quantitative estimate of drug-likeness (QED) is 0.815. The highest BCUT2D eigenvalue weighted by Crippen LogP contribution is 2.48. The van der Waals surface area contributed by atoms with Crippen LogP contribution in [0.4, 0.5) is 0 Å². The molecule has 0 bridgehead atoms. The lowest BCUT2D eigenvalue weighted by Crippen LogP contribution is -2.36. The lowest BCUT2D eigenvalue weighted by Gasteiger charge is -2.35. The van der Waals surface area contributed by atoms with Crippen molar-refractivity contribution in [3.05, 3.63) is 18.0 Å². The van der Waals surface area contributed by atoms with Gasteiger partial charge >= 0.3 is 0 Å². The number of nitrogens with two attached hydrogens (primary N) is 1. The van der Waals surface area contributed by atoms with Gasteiger partial charge in [0.25, 0.3) is 0 Å². The second-order valence-electron chi connectivity index (χ2n) is 5.09. The number of hydrogen-bond acceptors (Lipinski definition) is 3. The lowest BCUT2D eigenvalue weighted by molar-refractivity contribution is 0.0992. The Hall–Kier alpha value is -0.870. The summed E-state index contributed by atoms with van der Waals surface area (Å²) in [5.41, 5.74) is 7.15. The molecule has 96 valence electrons. The van der Waals surface area contributed by atoms with Gasteiger partial charge in [0, 0.05) is 42.9 Å². The summed E-state index contributed by atoms with van der Waals surface area (Å²) < 4.78 is 2.01. The van der Waals surface area contributed by atoms with Gasteiger partial charge in [-0.2, -0.15) is 5.10 Å². The summed E-state index contributed by atoms with van der Waals surface area (Å²) in [6.45, 7) is 3.78. The van der Waals surface area contributed by atoms with Gasteiger partial charge in [0.2, 0.25) is 0 Å². The van der Waals surface area contributed by atoms with E-state index in [1.807, 2.05) is 10.9 Å². The van der Waals surface area contributed by atoms with Crippen molar-refractivity contribution in [2.75, 3.05) is 13.2 Å². The van der Waals surface area contributed by atoms with E-state index in [0.29, 0.717) is 6.54 Å². The second kappa shape index (κ2) is 5.19. The Kier molecular flexibility index (Phi) is 3.84. The van der Waals surface area contributed by atoms with Crippen LogP contribution in [-0.2, 0) is 6.54 Å². The summed E-state index contributed by atoms with van der Waals surface area (Å²) in [4.78, 5) is 0. The molecule has 0 amide bonds. The lowest BCUT2D eigenvalue weighted by atomic mass is 9.73. The average Bonchev–Trinajstić information content (AvgIpc) is 2.99. The highest BCUT2D eigenvalue weighted by atomic mass is 16.3. The Balaban J connectivity index is 2.32. The Morgan fingerprint density at radius 2 is 2.24 bits per heavy atom. The molecule has 1 atom stereocenters. The maximum atomic E-state index is 9.80. The summed E-state index contributed by atoms with van der Waals surface area (Å²) in [5, 5.41) is 14.1. The first-order chi connectivity index (χ1) is 8.27. The zero-order chi connectivity index (χ0) is 12.3. The Bertz CT molecular complexity index is 355. The van der Waals surface area contributed by atoms with E-state index in [-0.39, 0.29) is 17.9 Å². The molecule has 1 aliphatic rings. The van der Waals surface area contributed by atoms with Crippen LogP contribution in [0.3, 0.4) is 0 Å². The van der Waals surface area contributed by atoms with Crippen molar-refractivity contribution in [1.29, 1.82) is 0 Å². The number of hydrogen-bond donors (Lipinski definition) is 2. The van der Waals surface area contributed by atoms with E-state index in [2.05, 4.69) is 18.1 Å². The molecule has 3 N–H and O–H groups in total. The Morgan fingerprint density at radius 1 is 1.53 bits per heavy atom. The van der Waals surface area contributed by atoms with Crippen molar-refractivity contribution < 1.29 is 5.11 Å². The van der Waals surface area contributed by atoms with Crippen LogP contribution in [0.15, 0.2) is 12.3 Å². The first-order valence-electron chi connectivity index (χ1n) is 6.60. The number of aryl methyl sites for hydroxylation is 1. The van der Waals surface area contributed by atoms with E-state index in [1.165, 1.54) is 18.5 Å². The normalized spacial score (nSPS) is 20.6. The summed E-state index contributed by atoms with van der Waals surface area (Å²) in [6.07, 6.45) is 6.41. The molecular weight excluding hydrogens is 214 g/mol. The average molecular weight is 237 g/mol. The van der Waals surface area contributed by atoms with Gasteiger partial charge in [0.15, 0.2) is 0 Å². The largest absolute Gasteiger partial charge is 0.396 e. The van der Waals surface area contributed by atoms with Gasteiger partial charge in [0.05, 0.1) is 0 Å². The molecule has 0 aliphatic heterocycles. The van der Waals surface area contributed by atoms with E-state index in [9.17, 15) is 5.11 Å². The molecule has 0 spiro atoms. The van der Waals surface area contributed by atoms with Gasteiger partial charge < -0.3 is 10.8 Å². The van der Waals surface area contributed by atoms with Crippen LogP contribution in [0.25, 0.3) is 0 Å². The van der Waals surface area contributed by atoms with Crippen molar-refractivity contribution in [2.45, 2.75) is 45.1 Å². The molecule has 1 aliphatic carbocycles. The molecule has 1 fully saturated rings. The highest BCUT2D eigenvalue weighted by molar-refractivity contribution is 5.15. The minimum Gasteiger partial charge on any atom is -0.396 e. The summed E-state index contributed by atoms with van der Waals surface area (Å²) in [7, 11) is 0. The molecule has 17 heavy (non-hydrogen) atoms. The summed E-state index contributed by atoms with van der Waals surface area (Å²) >= 11 is 0. The predicted octanol–water partition coefficient (Wildman–Crippen LogP) is 1.50. The van der Waals surface area contributed by atoms with Crippen molar-refractivity contribution in [2.24, 2.45) is 11.1 Å². The minimum absolute atomic E-state index is 0.0122. The van der Waals surface area contributed by atoms with Crippen LogP contribution in [0.5, 0.6) is 0 Å². The van der Waals surface area contributed by atoms with Crippen LogP contribution in [0, 0.1) is 5.41 Å². The van der Waals surface area contributed by atoms with E-state index in [0.717, 1.165) is 19.4 Å². The van der Waals surface area contributed by atoms with E-state index in [1.54, 1.807) is 0 Å². The van der Waals surface area contributed by atoms with E-state index in [4.69, 9.17) is 5.73 Å². The van der Waals surface area contributed by atoms with Crippen molar-refractivity contribution >= 4 is 0 Å². The number of nitrogens with zero attached hydrogens (tertiary/aromatic N) is 2. The molecule has 4 nitrogen and oxygen atoms in total. The molecule has 4 heteroatoms. The van der Waals surface area contributed by atoms with Crippen molar-refractivity contribution in [3.63, 3.8) is 0 Å². The van der Waals surface area contributed by atoms with Crippen molar-refractivity contribution in [3.8, 4) is 0 Å². The number of rotatable bonds is 5. The van der Waals surface area contributed by atoms with E-state index < -0.39 is 0 Å². The third-order valence-electron chi connectivity index (χ3n) is 4.30. The maximum Gasteiger partial charge on any atom is 0.0494 e. The first kappa shape index (κ1) is 12.6. The predicted molar refractivity (Wildman–Crippen MR) is 67.7 cm³/mol. The first-order valence-corrected chi connectivity index (χ1v) is 6.60. The molecule has 0 aromatic carbocycles. The van der Waals surface area contributed by atoms with Gasteiger partial charge in [-0.25, -0.2) is 0 Å². The second-order valence-corrected chi connectivity index (χ2v) is 5.09. The van der Waals surface area contributed by atoms with Crippen LogP contribution < -0.4 is 5.73 Å². The summed E-state index contributed by atoms with van der Waals surface area (Å²) in [5.74, 6) is 0.234. The third kappa shape index (κ3) is 2.11. The SMILES string of the molecule is CCn1nccc1C(CN)C1(CO)CCCC1. The van der Waals surface area contributed by atoms with Crippen LogP contribution in [0.2, 0.25) is 0 Å². The highest BCUT2D eigenvalue weighted by Gasteiger charge is 2.42. The molecule has 0 radical (unpaired) electrons. The zero-order valence-corrected chi connectivity index (χ0v) is 10.6. The molecule has 1 aromatic heterocycles. The zero-order valence-electron chi connectivity index (χ0n) is 10.6. The van der Waals surface area contributed by atoms with Gasteiger partial charge in [-0.1, -0.05) is 12.8 Å². The fourth-order valence-electron chi connectivity index (χ4n) is 3.28.